The van der Waals surface area contributed by atoms with Crippen molar-refractivity contribution < 1.29 is 0 Å². The van der Waals surface area contributed by atoms with Crippen molar-refractivity contribution in [2.45, 2.75) is 0 Å². The van der Waals surface area contributed by atoms with Crippen LogP contribution in [0, 0.1) is 23.7 Å². The van der Waals surface area contributed by atoms with Crippen LogP contribution in [0.5, 0.6) is 0 Å². The predicted octanol–water partition coefficient (Wildman–Crippen LogP) is 10.9. The van der Waals surface area contributed by atoms with Crippen LogP contribution in [0.2, 0.25) is 0 Å². The molecule has 0 bridgehead atoms. The van der Waals surface area contributed by atoms with Gasteiger partial charge in [-0.1, -0.05) is 121 Å². The van der Waals surface area contributed by atoms with Crippen LogP contribution >= 0.6 is 22.7 Å². The third-order valence-electron chi connectivity index (χ3n) is 7.62. The number of rotatable bonds is 1. The molecule has 8 rings (SSSR count). The van der Waals surface area contributed by atoms with Crippen LogP contribution in [0.1, 0.15) is 20.9 Å². The molecule has 0 spiro atoms. The fourth-order valence-electron chi connectivity index (χ4n) is 5.62. The van der Waals surface area contributed by atoms with Crippen molar-refractivity contribution in [3.05, 3.63) is 154 Å². The SMILES string of the molecule is C(#Cc1c2ccccc2cc2ccccc12)c1ccc(-c2ccc(C#Cc3c4ccccc4cc4ccccc34)s2)s1. The zero-order chi connectivity index (χ0) is 27.9. The normalized spacial score (nSPS) is 11.0. The topological polar surface area (TPSA) is 0 Å². The molecule has 0 N–H and O–H groups in total. The van der Waals surface area contributed by atoms with Gasteiger partial charge < -0.3 is 0 Å². The molecule has 194 valence electrons. The van der Waals surface area contributed by atoms with Crippen LogP contribution in [-0.4, -0.2) is 0 Å². The van der Waals surface area contributed by atoms with Gasteiger partial charge in [0.2, 0.25) is 0 Å². The Bertz CT molecular complexity index is 2150. The number of hydrogen-bond acceptors (Lipinski definition) is 2. The molecule has 0 aliphatic carbocycles. The van der Waals surface area contributed by atoms with Crippen LogP contribution in [0.3, 0.4) is 0 Å². The number of benzene rings is 6. The summed E-state index contributed by atoms with van der Waals surface area (Å²) in [7, 11) is 0. The van der Waals surface area contributed by atoms with Crippen LogP contribution in [0.15, 0.2) is 133 Å². The third-order valence-corrected chi connectivity index (χ3v) is 9.82. The van der Waals surface area contributed by atoms with E-state index >= 15 is 0 Å². The summed E-state index contributed by atoms with van der Waals surface area (Å²) < 4.78 is 0. The molecule has 0 aliphatic rings. The lowest BCUT2D eigenvalue weighted by molar-refractivity contribution is 1.73. The van der Waals surface area contributed by atoms with Crippen molar-refractivity contribution in [1.82, 2.24) is 0 Å². The van der Waals surface area contributed by atoms with Crippen molar-refractivity contribution in [2.75, 3.05) is 0 Å². The van der Waals surface area contributed by atoms with E-state index in [0.29, 0.717) is 0 Å². The first-order valence-electron chi connectivity index (χ1n) is 13.9. The Hall–Kier alpha value is -5.12. The van der Waals surface area contributed by atoms with Crippen LogP contribution in [0.4, 0.5) is 0 Å². The molecule has 2 aromatic heterocycles. The maximum Gasteiger partial charge on any atom is 0.0779 e. The summed E-state index contributed by atoms with van der Waals surface area (Å²) in [4.78, 5) is 4.56. The lowest BCUT2D eigenvalue weighted by Crippen LogP contribution is -1.84. The summed E-state index contributed by atoms with van der Waals surface area (Å²) in [6.07, 6.45) is 0. The Morgan fingerprint density at radius 3 is 1.02 bits per heavy atom. The van der Waals surface area contributed by atoms with Crippen molar-refractivity contribution >= 4 is 65.8 Å². The summed E-state index contributed by atoms with van der Waals surface area (Å²) in [5.41, 5.74) is 2.18. The van der Waals surface area contributed by atoms with Gasteiger partial charge in [0.25, 0.3) is 0 Å². The summed E-state index contributed by atoms with van der Waals surface area (Å²) >= 11 is 3.47. The first kappa shape index (κ1) is 24.7. The second-order valence-corrected chi connectivity index (χ2v) is 12.4. The van der Waals surface area contributed by atoms with Crippen molar-refractivity contribution in [3.63, 3.8) is 0 Å². The molecule has 0 aliphatic heterocycles. The summed E-state index contributed by atoms with van der Waals surface area (Å²) in [6.45, 7) is 0. The van der Waals surface area contributed by atoms with Gasteiger partial charge in [-0.05, 0) is 79.5 Å². The van der Waals surface area contributed by atoms with E-state index in [1.54, 1.807) is 22.7 Å². The fourth-order valence-corrected chi connectivity index (χ4v) is 7.43. The largest absolute Gasteiger partial charge is 0.126 e. The van der Waals surface area contributed by atoms with E-state index in [1.165, 1.54) is 52.8 Å². The lowest BCUT2D eigenvalue weighted by Gasteiger charge is -2.06. The highest BCUT2D eigenvalue weighted by molar-refractivity contribution is 7.22. The molecule has 0 radical (unpaired) electrons. The van der Waals surface area contributed by atoms with E-state index in [-0.39, 0.29) is 0 Å². The Morgan fingerprint density at radius 1 is 0.333 bits per heavy atom. The minimum atomic E-state index is 1.06. The molecule has 0 saturated heterocycles. The van der Waals surface area contributed by atoms with E-state index < -0.39 is 0 Å². The molecule has 2 heteroatoms. The Kier molecular flexibility index (Phi) is 6.09. The number of hydrogen-bond donors (Lipinski definition) is 0. The van der Waals surface area contributed by atoms with Crippen molar-refractivity contribution in [2.24, 2.45) is 0 Å². The van der Waals surface area contributed by atoms with Crippen LogP contribution in [0.25, 0.3) is 52.8 Å². The summed E-state index contributed by atoms with van der Waals surface area (Å²) in [5.74, 6) is 14.0. The van der Waals surface area contributed by atoms with E-state index in [4.69, 9.17) is 0 Å². The second kappa shape index (κ2) is 10.4. The molecule has 2 heterocycles. The molecule has 6 aromatic carbocycles. The molecule has 8 aromatic rings. The van der Waals surface area contributed by atoms with Crippen LogP contribution < -0.4 is 0 Å². The molecule has 0 nitrogen and oxygen atoms in total. The first-order valence-corrected chi connectivity index (χ1v) is 15.5. The van der Waals surface area contributed by atoms with Gasteiger partial charge in [-0.25, -0.2) is 0 Å². The second-order valence-electron chi connectivity index (χ2n) is 10.2. The Labute approximate surface area is 252 Å². The van der Waals surface area contributed by atoms with Crippen LogP contribution in [-0.2, 0) is 0 Å². The lowest BCUT2D eigenvalue weighted by atomic mass is 9.97. The number of fused-ring (bicyclic) bond motifs is 4. The molecular weight excluding hydrogens is 545 g/mol. The number of thiophene rings is 2. The smallest absolute Gasteiger partial charge is 0.0779 e. The van der Waals surface area contributed by atoms with Gasteiger partial charge in [0.15, 0.2) is 0 Å². The van der Waals surface area contributed by atoms with Crippen molar-refractivity contribution in [3.8, 4) is 33.4 Å². The van der Waals surface area contributed by atoms with Gasteiger partial charge in [-0.15, -0.1) is 22.7 Å². The molecule has 0 atom stereocenters. The zero-order valence-electron chi connectivity index (χ0n) is 22.5. The highest BCUT2D eigenvalue weighted by atomic mass is 32.1. The molecule has 0 fully saturated rings. The first-order chi connectivity index (χ1) is 20.8. The molecule has 0 saturated carbocycles. The highest BCUT2D eigenvalue weighted by Gasteiger charge is 2.08. The molecule has 0 unspecified atom stereocenters. The van der Waals surface area contributed by atoms with E-state index in [9.17, 15) is 0 Å². The van der Waals surface area contributed by atoms with Gasteiger partial charge >= 0.3 is 0 Å². The quantitative estimate of drug-likeness (QED) is 0.137. The summed E-state index contributed by atoms with van der Waals surface area (Å²) in [5, 5.41) is 9.66. The average Bonchev–Trinajstić information content (AvgIpc) is 3.71. The molecular formula is C40H22S2. The average molecular weight is 567 g/mol. The predicted molar refractivity (Wildman–Crippen MR) is 182 cm³/mol. The monoisotopic (exact) mass is 566 g/mol. The van der Waals surface area contributed by atoms with Gasteiger partial charge in [0.1, 0.15) is 0 Å². The van der Waals surface area contributed by atoms with E-state index in [0.717, 1.165) is 20.9 Å². The zero-order valence-corrected chi connectivity index (χ0v) is 24.2. The maximum atomic E-state index is 3.53. The van der Waals surface area contributed by atoms with E-state index in [1.807, 2.05) is 0 Å². The van der Waals surface area contributed by atoms with E-state index in [2.05, 4.69) is 157 Å². The minimum absolute atomic E-state index is 1.06. The minimum Gasteiger partial charge on any atom is -0.126 e. The van der Waals surface area contributed by atoms with Gasteiger partial charge in [-0.3, -0.25) is 0 Å². The van der Waals surface area contributed by atoms with Gasteiger partial charge in [0, 0.05) is 20.9 Å². The Balaban J connectivity index is 1.13. The summed E-state index contributed by atoms with van der Waals surface area (Å²) in [6, 6.07) is 47.1. The third kappa shape index (κ3) is 4.45. The maximum absolute atomic E-state index is 3.53. The molecule has 42 heavy (non-hydrogen) atoms. The fraction of sp³-hybridized carbons (Fsp3) is 0. The molecule has 0 amide bonds. The van der Waals surface area contributed by atoms with Gasteiger partial charge in [0.05, 0.1) is 9.75 Å². The van der Waals surface area contributed by atoms with Crippen molar-refractivity contribution in [1.29, 1.82) is 0 Å². The standard InChI is InChI=1S/C40H22S2/c1-5-13-33-27(9-1)25-28-10-2-6-14-34(28)37(33)21-17-31-19-23-39(41-31)40-24-20-32(42-40)18-22-38-35-15-7-3-11-29(35)26-30-12-4-8-16-36(30)38/h1-16,19-20,23-26H. The van der Waals surface area contributed by atoms with Gasteiger partial charge in [-0.2, -0.15) is 0 Å². The highest BCUT2D eigenvalue weighted by Crippen LogP contribution is 2.34. The Morgan fingerprint density at radius 2 is 0.667 bits per heavy atom.